The third-order valence-electron chi connectivity index (χ3n) is 3.52. The smallest absolute Gasteiger partial charge is 0.262 e. The summed E-state index contributed by atoms with van der Waals surface area (Å²) in [5, 5.41) is -0.235. The summed E-state index contributed by atoms with van der Waals surface area (Å²) in [6, 6.07) is 15.0. The number of benzene rings is 2. The van der Waals surface area contributed by atoms with Crippen molar-refractivity contribution in [3.05, 3.63) is 65.7 Å². The summed E-state index contributed by atoms with van der Waals surface area (Å²) in [5.41, 5.74) is 0.716. The first-order valence-corrected chi connectivity index (χ1v) is 7.65. The van der Waals surface area contributed by atoms with Crippen molar-refractivity contribution < 1.29 is 14.4 Å². The average Bonchev–Trinajstić information content (AvgIpc) is 2.79. The van der Waals surface area contributed by atoms with Crippen LogP contribution in [0.2, 0.25) is 0 Å². The quantitative estimate of drug-likeness (QED) is 0.646. The Balaban J connectivity index is 1.81. The number of carbonyl (C=O) groups excluding carboxylic acids is 3. The summed E-state index contributed by atoms with van der Waals surface area (Å²) >= 11 is 1.04. The van der Waals surface area contributed by atoms with Crippen LogP contribution in [0.5, 0.6) is 0 Å². The van der Waals surface area contributed by atoms with E-state index in [2.05, 4.69) is 0 Å². The monoisotopic (exact) mass is 311 g/mol. The molecule has 1 atom stereocenters. The summed E-state index contributed by atoms with van der Waals surface area (Å²) in [6.45, 7) is 1.58. The molecule has 0 fully saturated rings. The lowest BCUT2D eigenvalue weighted by Crippen LogP contribution is -2.41. The van der Waals surface area contributed by atoms with Crippen molar-refractivity contribution in [2.75, 3.05) is 0 Å². The fraction of sp³-hybridized carbons (Fsp3) is 0.118. The summed E-state index contributed by atoms with van der Waals surface area (Å²) in [7, 11) is 0. The van der Waals surface area contributed by atoms with Crippen molar-refractivity contribution in [2.45, 2.75) is 17.9 Å². The molecule has 1 aliphatic heterocycles. The minimum absolute atomic E-state index is 0.235. The van der Waals surface area contributed by atoms with Crippen LogP contribution in [0.25, 0.3) is 0 Å². The normalized spacial score (nSPS) is 14.9. The Kier molecular flexibility index (Phi) is 3.81. The molecule has 3 rings (SSSR count). The van der Waals surface area contributed by atoms with Crippen LogP contribution in [0.1, 0.15) is 27.6 Å². The number of fused-ring (bicyclic) bond motifs is 1. The molecule has 4 nitrogen and oxygen atoms in total. The van der Waals surface area contributed by atoms with E-state index in [1.54, 1.807) is 31.2 Å². The Morgan fingerprint density at radius 1 is 0.909 bits per heavy atom. The number of rotatable bonds is 3. The number of amides is 2. The predicted molar refractivity (Wildman–Crippen MR) is 83.7 cm³/mol. The van der Waals surface area contributed by atoms with Gasteiger partial charge in [0.05, 0.1) is 11.1 Å². The highest BCUT2D eigenvalue weighted by molar-refractivity contribution is 8.13. The first-order valence-electron chi connectivity index (χ1n) is 6.83. The summed E-state index contributed by atoms with van der Waals surface area (Å²) in [5.74, 6) is -0.815. The summed E-state index contributed by atoms with van der Waals surface area (Å²) in [4.78, 5) is 38.9. The highest BCUT2D eigenvalue weighted by Gasteiger charge is 2.40. The largest absolute Gasteiger partial charge is 0.284 e. The lowest BCUT2D eigenvalue weighted by atomic mass is 10.1. The molecule has 2 amide bonds. The van der Waals surface area contributed by atoms with Crippen molar-refractivity contribution in [3.63, 3.8) is 0 Å². The highest BCUT2D eigenvalue weighted by atomic mass is 32.2. The molecule has 0 aliphatic carbocycles. The number of imide groups is 1. The fourth-order valence-electron chi connectivity index (χ4n) is 2.36. The molecule has 110 valence electrons. The minimum Gasteiger partial charge on any atom is -0.284 e. The molecule has 0 unspecified atom stereocenters. The zero-order chi connectivity index (χ0) is 15.7. The van der Waals surface area contributed by atoms with Crippen LogP contribution in [-0.4, -0.2) is 27.9 Å². The van der Waals surface area contributed by atoms with E-state index >= 15 is 0 Å². The van der Waals surface area contributed by atoms with Gasteiger partial charge in [-0.2, -0.15) is 0 Å². The Bertz CT molecular complexity index is 723. The average molecular weight is 311 g/mol. The van der Waals surface area contributed by atoms with Gasteiger partial charge in [0, 0.05) is 4.90 Å². The molecule has 22 heavy (non-hydrogen) atoms. The van der Waals surface area contributed by atoms with Crippen LogP contribution < -0.4 is 0 Å². The first kappa shape index (κ1) is 14.5. The molecule has 5 heteroatoms. The summed E-state index contributed by atoms with van der Waals surface area (Å²) in [6.07, 6.45) is 0. The molecule has 0 N–H and O–H groups in total. The molecule has 0 saturated carbocycles. The zero-order valence-corrected chi connectivity index (χ0v) is 12.7. The van der Waals surface area contributed by atoms with E-state index in [4.69, 9.17) is 0 Å². The van der Waals surface area contributed by atoms with Gasteiger partial charge in [0.1, 0.15) is 6.04 Å². The van der Waals surface area contributed by atoms with E-state index < -0.39 is 17.9 Å². The van der Waals surface area contributed by atoms with Crippen LogP contribution in [0.4, 0.5) is 0 Å². The summed E-state index contributed by atoms with van der Waals surface area (Å²) < 4.78 is 0. The number of hydrogen-bond donors (Lipinski definition) is 0. The highest BCUT2D eigenvalue weighted by Crippen LogP contribution is 2.28. The standard InChI is InChI=1S/C17H13NO3S/c1-11(17(21)22-12-7-3-2-4-8-12)18-15(19)13-9-5-6-10-14(13)16(18)20/h2-11H,1H3/t11-/m0/s1. The molecular weight excluding hydrogens is 298 g/mol. The van der Waals surface area contributed by atoms with E-state index in [0.29, 0.717) is 11.1 Å². The van der Waals surface area contributed by atoms with Crippen LogP contribution in [0.15, 0.2) is 59.5 Å². The molecule has 2 aromatic rings. The van der Waals surface area contributed by atoms with E-state index in [1.807, 2.05) is 30.3 Å². The van der Waals surface area contributed by atoms with Gasteiger partial charge in [0.2, 0.25) is 5.12 Å². The molecule has 2 aromatic carbocycles. The molecular formula is C17H13NO3S. The molecule has 0 bridgehead atoms. The molecule has 0 saturated heterocycles. The second-order valence-corrected chi connectivity index (χ2v) is 6.01. The second-order valence-electron chi connectivity index (χ2n) is 4.94. The minimum atomic E-state index is -0.808. The maximum absolute atomic E-state index is 12.4. The van der Waals surface area contributed by atoms with Crippen molar-refractivity contribution in [2.24, 2.45) is 0 Å². The van der Waals surface area contributed by atoms with Crippen molar-refractivity contribution >= 4 is 28.7 Å². The second kappa shape index (κ2) is 5.77. The molecule has 0 spiro atoms. The van der Waals surface area contributed by atoms with Gasteiger partial charge in [-0.1, -0.05) is 30.3 Å². The Labute approximate surface area is 132 Å². The first-order chi connectivity index (χ1) is 10.6. The van der Waals surface area contributed by atoms with Crippen LogP contribution >= 0.6 is 11.8 Å². The van der Waals surface area contributed by atoms with Crippen molar-refractivity contribution in [1.82, 2.24) is 4.90 Å². The van der Waals surface area contributed by atoms with Gasteiger partial charge in [-0.15, -0.1) is 0 Å². The van der Waals surface area contributed by atoms with Gasteiger partial charge >= 0.3 is 0 Å². The van der Waals surface area contributed by atoms with Crippen LogP contribution in [0.3, 0.4) is 0 Å². The van der Waals surface area contributed by atoms with Gasteiger partial charge < -0.3 is 0 Å². The van der Waals surface area contributed by atoms with E-state index in [-0.39, 0.29) is 5.12 Å². The van der Waals surface area contributed by atoms with Crippen LogP contribution in [0, 0.1) is 0 Å². The lowest BCUT2D eigenvalue weighted by molar-refractivity contribution is -0.114. The predicted octanol–water partition coefficient (Wildman–Crippen LogP) is 2.99. The van der Waals surface area contributed by atoms with Crippen LogP contribution in [-0.2, 0) is 4.79 Å². The van der Waals surface area contributed by atoms with E-state index in [0.717, 1.165) is 21.6 Å². The number of hydrogen-bond acceptors (Lipinski definition) is 4. The molecule has 0 radical (unpaired) electrons. The zero-order valence-electron chi connectivity index (χ0n) is 11.9. The van der Waals surface area contributed by atoms with Gasteiger partial charge in [-0.05, 0) is 43.0 Å². The maximum Gasteiger partial charge on any atom is 0.262 e. The van der Waals surface area contributed by atoms with Crippen molar-refractivity contribution in [1.29, 1.82) is 0 Å². The van der Waals surface area contributed by atoms with E-state index in [1.165, 1.54) is 0 Å². The molecule has 1 aliphatic rings. The third-order valence-corrected chi connectivity index (χ3v) is 4.57. The van der Waals surface area contributed by atoms with Gasteiger partial charge in [0.15, 0.2) is 0 Å². The lowest BCUT2D eigenvalue weighted by Gasteiger charge is -2.20. The SMILES string of the molecule is C[C@@H](C(=O)Sc1ccccc1)N1C(=O)c2ccccc2C1=O. The Morgan fingerprint density at radius 2 is 1.41 bits per heavy atom. The Hall–Kier alpha value is -2.40. The molecule has 1 heterocycles. The maximum atomic E-state index is 12.4. The van der Waals surface area contributed by atoms with Crippen molar-refractivity contribution in [3.8, 4) is 0 Å². The topological polar surface area (TPSA) is 54.5 Å². The number of nitrogens with zero attached hydrogens (tertiary/aromatic N) is 1. The Morgan fingerprint density at radius 3 is 1.95 bits per heavy atom. The van der Waals surface area contributed by atoms with Gasteiger partial charge in [-0.25, -0.2) is 0 Å². The van der Waals surface area contributed by atoms with E-state index in [9.17, 15) is 14.4 Å². The fourth-order valence-corrected chi connectivity index (χ4v) is 3.16. The van der Waals surface area contributed by atoms with Gasteiger partial charge in [0.25, 0.3) is 11.8 Å². The number of thioether (sulfide) groups is 1. The third kappa shape index (κ3) is 2.44. The number of carbonyl (C=O) groups is 3. The van der Waals surface area contributed by atoms with Gasteiger partial charge in [-0.3, -0.25) is 19.3 Å². The molecule has 0 aromatic heterocycles.